The number of aliphatic carboxylic acids is 1. The largest absolute Gasteiger partial charge is 0.480 e. The number of likely N-dealkylation sites (tertiary alicyclic amines) is 1. The normalized spacial score (nSPS) is 15.1. The Balaban J connectivity index is 1.77. The Labute approximate surface area is 212 Å². The predicted octanol–water partition coefficient (Wildman–Crippen LogP) is 0.979. The Bertz CT molecular complexity index is 881. The van der Waals surface area contributed by atoms with Gasteiger partial charge in [-0.15, -0.1) is 0 Å². The lowest BCUT2D eigenvalue weighted by Crippen LogP contribution is -2.46. The molecular formula is C25H41N7O4. The van der Waals surface area contributed by atoms with E-state index in [4.69, 9.17) is 17.2 Å². The number of amides is 2. The molecule has 1 heterocycles. The highest BCUT2D eigenvalue weighted by Gasteiger charge is 2.28. The molecule has 9 N–H and O–H groups in total. The van der Waals surface area contributed by atoms with Gasteiger partial charge in [0.05, 0.1) is 0 Å². The molecule has 1 aliphatic heterocycles. The van der Waals surface area contributed by atoms with Crippen molar-refractivity contribution >= 4 is 29.4 Å². The van der Waals surface area contributed by atoms with Gasteiger partial charge in [-0.1, -0.05) is 18.6 Å². The average Bonchev–Trinajstić information content (AvgIpc) is 2.84. The van der Waals surface area contributed by atoms with Crippen LogP contribution in [0, 0.1) is 5.92 Å². The first-order chi connectivity index (χ1) is 17.3. The van der Waals surface area contributed by atoms with Gasteiger partial charge in [0.1, 0.15) is 6.04 Å². The molecule has 1 aromatic carbocycles. The molecule has 1 aliphatic rings. The van der Waals surface area contributed by atoms with Gasteiger partial charge < -0.3 is 32.9 Å². The fourth-order valence-electron chi connectivity index (χ4n) is 4.24. The number of carboxylic acids is 1. The number of unbranched alkanes of at least 4 members (excludes halogenated alkanes) is 2. The second kappa shape index (κ2) is 15.7. The number of carboxylic acid groups (broad SMARTS) is 1. The Morgan fingerprint density at radius 2 is 1.86 bits per heavy atom. The second-order valence-corrected chi connectivity index (χ2v) is 9.25. The van der Waals surface area contributed by atoms with Crippen LogP contribution < -0.4 is 27.8 Å². The Kier molecular flexibility index (Phi) is 12.7. The molecule has 11 nitrogen and oxygen atoms in total. The van der Waals surface area contributed by atoms with Crippen molar-refractivity contribution < 1.29 is 19.5 Å². The number of carbonyl (C=O) groups excluding carboxylic acids is 2. The first kappa shape index (κ1) is 29.1. The van der Waals surface area contributed by atoms with Crippen LogP contribution >= 0.6 is 0 Å². The van der Waals surface area contributed by atoms with Crippen molar-refractivity contribution in [1.82, 2.24) is 10.2 Å². The zero-order valence-corrected chi connectivity index (χ0v) is 21.0. The monoisotopic (exact) mass is 503 g/mol. The highest BCUT2D eigenvalue weighted by Crippen LogP contribution is 2.21. The van der Waals surface area contributed by atoms with E-state index in [0.29, 0.717) is 38.8 Å². The summed E-state index contributed by atoms with van der Waals surface area (Å²) < 4.78 is 0. The van der Waals surface area contributed by atoms with Crippen molar-refractivity contribution in [1.29, 1.82) is 0 Å². The maximum atomic E-state index is 12.7. The molecule has 0 aliphatic carbocycles. The number of benzene rings is 1. The summed E-state index contributed by atoms with van der Waals surface area (Å²) in [6, 6.07) is 6.86. The fraction of sp³-hybridized carbons (Fsp3) is 0.600. The van der Waals surface area contributed by atoms with E-state index in [1.54, 1.807) is 0 Å². The molecule has 0 bridgehead atoms. The number of carbonyl (C=O) groups is 3. The number of nitrogens with two attached hydrogens (primary N) is 3. The van der Waals surface area contributed by atoms with Gasteiger partial charge in [0.25, 0.3) is 0 Å². The molecule has 0 unspecified atom stereocenters. The third kappa shape index (κ3) is 11.0. The smallest absolute Gasteiger partial charge is 0.326 e. The van der Waals surface area contributed by atoms with Crippen molar-refractivity contribution in [3.63, 3.8) is 0 Å². The van der Waals surface area contributed by atoms with Crippen LogP contribution in [0.3, 0.4) is 0 Å². The van der Waals surface area contributed by atoms with Crippen LogP contribution in [0.1, 0.15) is 56.9 Å². The summed E-state index contributed by atoms with van der Waals surface area (Å²) in [5.74, 6) is -1.53. The maximum absolute atomic E-state index is 12.7. The fourth-order valence-corrected chi connectivity index (χ4v) is 4.24. The van der Waals surface area contributed by atoms with Crippen LogP contribution in [0.25, 0.3) is 0 Å². The number of nitrogens with one attached hydrogen (secondary N) is 2. The zero-order valence-electron chi connectivity index (χ0n) is 21.0. The molecule has 1 aromatic rings. The molecular weight excluding hydrogens is 462 g/mol. The number of guanidine groups is 1. The summed E-state index contributed by atoms with van der Waals surface area (Å²) in [6.45, 7) is 3.16. The minimum absolute atomic E-state index is 0.00639. The summed E-state index contributed by atoms with van der Waals surface area (Å²) in [5, 5.41) is 15.1. The standard InChI is InChI=1S/C25H41N7O4/c26-12-3-1-2-9-22(33)30-20-7-4-6-18(16-20)17-32-14-10-19(11-15-32)23(34)31-21(24(35)36)8-5-13-29-25(27)28/h4,6-7,16,19,21H,1-3,5,8-15,17,26H2,(H,30,33)(H,31,34)(H,35,36)(H4,27,28,29)/t21-/m0/s1. The molecule has 0 saturated carbocycles. The van der Waals surface area contributed by atoms with Crippen molar-refractivity contribution in [2.45, 2.75) is 64.0 Å². The van der Waals surface area contributed by atoms with Gasteiger partial charge in [-0.25, -0.2) is 4.79 Å². The van der Waals surface area contributed by atoms with Crippen LogP contribution in [-0.4, -0.2) is 66.0 Å². The molecule has 2 rings (SSSR count). The summed E-state index contributed by atoms with van der Waals surface area (Å²) in [7, 11) is 0. The number of rotatable bonds is 15. The zero-order chi connectivity index (χ0) is 26.3. The van der Waals surface area contributed by atoms with E-state index in [-0.39, 0.29) is 30.1 Å². The number of hydrogen-bond acceptors (Lipinski definition) is 6. The molecule has 0 spiro atoms. The van der Waals surface area contributed by atoms with Crippen molar-refractivity contribution in [2.75, 3.05) is 31.5 Å². The molecule has 1 atom stereocenters. The highest BCUT2D eigenvalue weighted by molar-refractivity contribution is 5.90. The van der Waals surface area contributed by atoms with Gasteiger partial charge in [0.2, 0.25) is 11.8 Å². The molecule has 1 fully saturated rings. The van der Waals surface area contributed by atoms with Crippen molar-refractivity contribution in [2.24, 2.45) is 28.1 Å². The van der Waals surface area contributed by atoms with Gasteiger partial charge in [-0.2, -0.15) is 0 Å². The number of nitrogens with zero attached hydrogens (tertiary/aromatic N) is 2. The predicted molar refractivity (Wildman–Crippen MR) is 140 cm³/mol. The highest BCUT2D eigenvalue weighted by atomic mass is 16.4. The average molecular weight is 504 g/mol. The molecule has 0 aromatic heterocycles. The third-order valence-electron chi connectivity index (χ3n) is 6.24. The van der Waals surface area contributed by atoms with E-state index in [2.05, 4.69) is 20.5 Å². The van der Waals surface area contributed by atoms with Crippen LogP contribution in [0.4, 0.5) is 5.69 Å². The van der Waals surface area contributed by atoms with E-state index in [1.165, 1.54) is 0 Å². The Hall–Kier alpha value is -3.18. The Morgan fingerprint density at radius 3 is 2.53 bits per heavy atom. The first-order valence-corrected chi connectivity index (χ1v) is 12.7. The van der Waals surface area contributed by atoms with E-state index >= 15 is 0 Å². The van der Waals surface area contributed by atoms with Gasteiger partial charge in [-0.05, 0) is 75.9 Å². The minimum atomic E-state index is -1.06. The van der Waals surface area contributed by atoms with Crippen molar-refractivity contribution in [3.8, 4) is 0 Å². The Morgan fingerprint density at radius 1 is 1.11 bits per heavy atom. The third-order valence-corrected chi connectivity index (χ3v) is 6.24. The SMILES string of the molecule is NCCCCCC(=O)Nc1cccc(CN2CCC(C(=O)N[C@@H](CCCN=C(N)N)C(=O)O)CC2)c1. The van der Waals surface area contributed by atoms with E-state index < -0.39 is 12.0 Å². The number of anilines is 1. The minimum Gasteiger partial charge on any atom is -0.480 e. The summed E-state index contributed by atoms with van der Waals surface area (Å²) in [5.41, 5.74) is 17.9. The number of aliphatic imine (C=N–C) groups is 1. The number of piperidine rings is 1. The van der Waals surface area contributed by atoms with Crippen LogP contribution in [0.5, 0.6) is 0 Å². The lowest BCUT2D eigenvalue weighted by molar-refractivity contribution is -0.143. The van der Waals surface area contributed by atoms with Crippen LogP contribution in [0.2, 0.25) is 0 Å². The molecule has 36 heavy (non-hydrogen) atoms. The quantitative estimate of drug-likeness (QED) is 0.116. The van der Waals surface area contributed by atoms with Crippen LogP contribution in [0.15, 0.2) is 29.3 Å². The molecule has 0 radical (unpaired) electrons. The van der Waals surface area contributed by atoms with Gasteiger partial charge in [0.15, 0.2) is 5.96 Å². The lowest BCUT2D eigenvalue weighted by atomic mass is 9.95. The van der Waals surface area contributed by atoms with Gasteiger partial charge in [-0.3, -0.25) is 19.5 Å². The van der Waals surface area contributed by atoms with Crippen LogP contribution in [-0.2, 0) is 20.9 Å². The topological polar surface area (TPSA) is 189 Å². The maximum Gasteiger partial charge on any atom is 0.326 e. The van der Waals surface area contributed by atoms with E-state index in [9.17, 15) is 19.5 Å². The summed E-state index contributed by atoms with van der Waals surface area (Å²) in [6.07, 6.45) is 5.24. The summed E-state index contributed by atoms with van der Waals surface area (Å²) in [4.78, 5) is 42.5. The second-order valence-electron chi connectivity index (χ2n) is 9.25. The molecule has 1 saturated heterocycles. The molecule has 200 valence electrons. The molecule has 11 heteroatoms. The van der Waals surface area contributed by atoms with E-state index in [1.807, 2.05) is 24.3 Å². The lowest BCUT2D eigenvalue weighted by Gasteiger charge is -2.32. The van der Waals surface area contributed by atoms with Gasteiger partial charge in [0, 0.05) is 31.1 Å². The first-order valence-electron chi connectivity index (χ1n) is 12.7. The van der Waals surface area contributed by atoms with E-state index in [0.717, 1.165) is 50.1 Å². The summed E-state index contributed by atoms with van der Waals surface area (Å²) >= 11 is 0. The van der Waals surface area contributed by atoms with Gasteiger partial charge >= 0.3 is 5.97 Å². The van der Waals surface area contributed by atoms with Crippen molar-refractivity contribution in [3.05, 3.63) is 29.8 Å². The molecule has 2 amide bonds. The number of hydrogen-bond donors (Lipinski definition) is 6.